The van der Waals surface area contributed by atoms with Gasteiger partial charge in [-0.2, -0.15) is 13.2 Å². The van der Waals surface area contributed by atoms with Crippen molar-refractivity contribution < 1.29 is 22.1 Å². The summed E-state index contributed by atoms with van der Waals surface area (Å²) in [4.78, 5) is 3.02. The third-order valence-corrected chi connectivity index (χ3v) is 4.68. The van der Waals surface area contributed by atoms with Crippen LogP contribution in [0.4, 0.5) is 23.2 Å². The SMILES string of the molecule is [C-]#[N+]c1ccc2c(cc(C)n2Cc2cc(-c3ccc(F)cc3)on2)c1C(F)(F)F. The molecule has 0 unspecified atom stereocenters. The van der Waals surface area contributed by atoms with Gasteiger partial charge in [0.2, 0.25) is 0 Å². The Kier molecular flexibility index (Phi) is 4.38. The molecule has 0 saturated carbocycles. The number of hydrogen-bond acceptors (Lipinski definition) is 2. The predicted octanol–water partition coefficient (Wildman–Crippen LogP) is 6.36. The van der Waals surface area contributed by atoms with Crippen LogP contribution in [-0.4, -0.2) is 9.72 Å². The molecule has 2 aromatic heterocycles. The van der Waals surface area contributed by atoms with E-state index in [0.29, 0.717) is 28.2 Å². The third-order valence-electron chi connectivity index (χ3n) is 4.68. The summed E-state index contributed by atoms with van der Waals surface area (Å²) in [5.74, 6) is 0.0579. The summed E-state index contributed by atoms with van der Waals surface area (Å²) in [5, 5.41) is 3.96. The van der Waals surface area contributed by atoms with E-state index in [-0.39, 0.29) is 17.7 Å². The Balaban J connectivity index is 1.75. The van der Waals surface area contributed by atoms with Gasteiger partial charge in [-0.15, -0.1) is 0 Å². The van der Waals surface area contributed by atoms with Gasteiger partial charge in [0.15, 0.2) is 11.4 Å². The van der Waals surface area contributed by atoms with Crippen LogP contribution in [-0.2, 0) is 12.7 Å². The predicted molar refractivity (Wildman–Crippen MR) is 98.9 cm³/mol. The van der Waals surface area contributed by atoms with Crippen LogP contribution in [0.2, 0.25) is 0 Å². The van der Waals surface area contributed by atoms with Gasteiger partial charge in [-0.3, -0.25) is 0 Å². The summed E-state index contributed by atoms with van der Waals surface area (Å²) in [6, 6.07) is 11.5. The smallest absolute Gasteiger partial charge is 0.356 e. The van der Waals surface area contributed by atoms with Gasteiger partial charge < -0.3 is 9.09 Å². The highest BCUT2D eigenvalue weighted by atomic mass is 19.4. The van der Waals surface area contributed by atoms with Gasteiger partial charge in [0, 0.05) is 28.2 Å². The Morgan fingerprint density at radius 3 is 2.48 bits per heavy atom. The van der Waals surface area contributed by atoms with Crippen LogP contribution in [0.5, 0.6) is 0 Å². The maximum atomic E-state index is 13.5. The van der Waals surface area contributed by atoms with Crippen molar-refractivity contribution in [3.63, 3.8) is 0 Å². The van der Waals surface area contributed by atoms with E-state index in [1.807, 2.05) is 0 Å². The lowest BCUT2D eigenvalue weighted by Gasteiger charge is -2.11. The van der Waals surface area contributed by atoms with Crippen molar-refractivity contribution in [2.24, 2.45) is 0 Å². The number of benzene rings is 2. The molecule has 0 saturated heterocycles. The topological polar surface area (TPSA) is 35.3 Å². The van der Waals surface area contributed by atoms with E-state index in [0.717, 1.165) is 0 Å². The highest BCUT2D eigenvalue weighted by Gasteiger charge is 2.36. The number of hydrogen-bond donors (Lipinski definition) is 0. The molecule has 4 nitrogen and oxygen atoms in total. The maximum Gasteiger partial charge on any atom is 0.408 e. The molecule has 4 aromatic rings. The van der Waals surface area contributed by atoms with Crippen molar-refractivity contribution in [1.29, 1.82) is 0 Å². The third kappa shape index (κ3) is 3.36. The molecular weight excluding hydrogens is 386 g/mol. The summed E-state index contributed by atoms with van der Waals surface area (Å²) >= 11 is 0. The van der Waals surface area contributed by atoms with E-state index in [2.05, 4.69) is 10.0 Å². The van der Waals surface area contributed by atoms with E-state index in [9.17, 15) is 17.6 Å². The number of halogens is 4. The lowest BCUT2D eigenvalue weighted by atomic mass is 10.1. The summed E-state index contributed by atoms with van der Waals surface area (Å²) in [6.45, 7) is 8.93. The minimum absolute atomic E-state index is 0.0225. The molecule has 146 valence electrons. The molecule has 0 aliphatic rings. The second kappa shape index (κ2) is 6.78. The van der Waals surface area contributed by atoms with E-state index < -0.39 is 17.4 Å². The quantitative estimate of drug-likeness (QED) is 0.297. The maximum absolute atomic E-state index is 13.5. The van der Waals surface area contributed by atoms with Crippen molar-refractivity contribution >= 4 is 16.6 Å². The zero-order valence-electron chi connectivity index (χ0n) is 15.1. The van der Waals surface area contributed by atoms with Crippen molar-refractivity contribution in [3.8, 4) is 11.3 Å². The van der Waals surface area contributed by atoms with Crippen molar-refractivity contribution in [2.75, 3.05) is 0 Å². The first-order valence-corrected chi connectivity index (χ1v) is 8.57. The standard InChI is InChI=1S/C21H13F4N3O/c1-12-9-16-18(8-7-17(26-2)20(16)21(23,24)25)28(12)11-15-10-19(29-27-15)13-3-5-14(22)6-4-13/h3-10H,11H2,1H3. The minimum Gasteiger partial charge on any atom is -0.356 e. The largest absolute Gasteiger partial charge is 0.408 e. The lowest BCUT2D eigenvalue weighted by Crippen LogP contribution is -2.06. The van der Waals surface area contributed by atoms with Crippen LogP contribution in [0.15, 0.2) is 53.1 Å². The average molecular weight is 399 g/mol. The zero-order valence-corrected chi connectivity index (χ0v) is 15.1. The Labute approximate surface area is 162 Å². The Hall–Kier alpha value is -3.60. The fourth-order valence-electron chi connectivity index (χ4n) is 3.35. The number of alkyl halides is 3. The zero-order chi connectivity index (χ0) is 20.8. The molecule has 29 heavy (non-hydrogen) atoms. The van der Waals surface area contributed by atoms with E-state index in [1.165, 1.54) is 30.3 Å². The van der Waals surface area contributed by atoms with Crippen LogP contribution in [0.3, 0.4) is 0 Å². The molecule has 0 aliphatic carbocycles. The number of rotatable bonds is 3. The second-order valence-electron chi connectivity index (χ2n) is 6.56. The normalized spacial score (nSPS) is 11.7. The molecule has 2 aromatic carbocycles. The second-order valence-corrected chi connectivity index (χ2v) is 6.56. The van der Waals surface area contributed by atoms with Crippen molar-refractivity contribution in [1.82, 2.24) is 9.72 Å². The molecule has 0 amide bonds. The summed E-state index contributed by atoms with van der Waals surface area (Å²) in [7, 11) is 0. The Bertz CT molecular complexity index is 1240. The first kappa shape index (κ1) is 18.7. The van der Waals surface area contributed by atoms with Gasteiger partial charge >= 0.3 is 6.18 Å². The monoisotopic (exact) mass is 399 g/mol. The van der Waals surface area contributed by atoms with Crippen LogP contribution >= 0.6 is 0 Å². The first-order valence-electron chi connectivity index (χ1n) is 8.57. The number of fused-ring (bicyclic) bond motifs is 1. The molecule has 0 atom stereocenters. The Morgan fingerprint density at radius 2 is 1.83 bits per heavy atom. The highest BCUT2D eigenvalue weighted by Crippen LogP contribution is 2.42. The number of aromatic nitrogens is 2. The average Bonchev–Trinajstić information content (AvgIpc) is 3.26. The van der Waals surface area contributed by atoms with Gasteiger partial charge in [-0.1, -0.05) is 11.2 Å². The summed E-state index contributed by atoms with van der Waals surface area (Å²) in [5.41, 5.74) is 0.738. The lowest BCUT2D eigenvalue weighted by molar-refractivity contribution is -0.135. The van der Waals surface area contributed by atoms with E-state index in [1.54, 1.807) is 29.7 Å². The van der Waals surface area contributed by atoms with Crippen LogP contribution in [0.1, 0.15) is 17.0 Å². The molecule has 0 bridgehead atoms. The van der Waals surface area contributed by atoms with Crippen LogP contribution in [0.25, 0.3) is 27.1 Å². The molecule has 8 heteroatoms. The minimum atomic E-state index is -4.64. The van der Waals surface area contributed by atoms with Gasteiger partial charge in [-0.05, 0) is 43.3 Å². The summed E-state index contributed by atoms with van der Waals surface area (Å²) < 4.78 is 60.7. The van der Waals surface area contributed by atoms with Gasteiger partial charge in [0.25, 0.3) is 0 Å². The number of aryl methyl sites for hydroxylation is 1. The molecule has 0 radical (unpaired) electrons. The highest BCUT2D eigenvalue weighted by molar-refractivity contribution is 5.90. The molecule has 0 spiro atoms. The van der Waals surface area contributed by atoms with Crippen molar-refractivity contribution in [3.05, 3.63) is 82.7 Å². The molecule has 2 heterocycles. The summed E-state index contributed by atoms with van der Waals surface area (Å²) in [6.07, 6.45) is -4.64. The molecule has 0 fully saturated rings. The fourth-order valence-corrected chi connectivity index (χ4v) is 3.35. The van der Waals surface area contributed by atoms with Crippen LogP contribution < -0.4 is 0 Å². The van der Waals surface area contributed by atoms with Gasteiger partial charge in [0.05, 0.1) is 18.7 Å². The first-order chi connectivity index (χ1) is 13.8. The van der Waals surface area contributed by atoms with E-state index in [4.69, 9.17) is 11.1 Å². The van der Waals surface area contributed by atoms with Crippen molar-refractivity contribution in [2.45, 2.75) is 19.6 Å². The molecule has 4 rings (SSSR count). The fraction of sp³-hybridized carbons (Fsp3) is 0.143. The molecule has 0 aliphatic heterocycles. The molecular formula is C21H13F4N3O. The number of nitrogens with zero attached hydrogens (tertiary/aromatic N) is 3. The van der Waals surface area contributed by atoms with E-state index >= 15 is 0 Å². The van der Waals surface area contributed by atoms with Gasteiger partial charge in [-0.25, -0.2) is 9.24 Å². The van der Waals surface area contributed by atoms with Gasteiger partial charge in [0.1, 0.15) is 11.5 Å². The molecule has 0 N–H and O–H groups in total. The Morgan fingerprint density at radius 1 is 1.10 bits per heavy atom. The van der Waals surface area contributed by atoms with Crippen LogP contribution in [0, 0.1) is 19.3 Å².